The summed E-state index contributed by atoms with van der Waals surface area (Å²) >= 11 is 10.1. The highest BCUT2D eigenvalue weighted by Gasteiger charge is 1.76. The maximum absolute atomic E-state index is 5.03. The zero-order valence-electron chi connectivity index (χ0n) is 3.89. The first-order valence-corrected chi connectivity index (χ1v) is 2.59. The zero-order valence-corrected chi connectivity index (χ0v) is 6.22. The van der Waals surface area contributed by atoms with Crippen LogP contribution in [0.2, 0.25) is 0 Å². The highest BCUT2D eigenvalue weighted by molar-refractivity contribution is 6.17. The minimum Gasteiger partial charge on any atom is -0.261 e. The number of hydrogen-bond acceptors (Lipinski definition) is 3. The second-order valence-electron chi connectivity index (χ2n) is 0.590. The van der Waals surface area contributed by atoms with Crippen molar-refractivity contribution < 1.29 is 9.68 Å². The summed E-state index contributed by atoms with van der Waals surface area (Å²) in [5, 5.41) is 0. The van der Waals surface area contributed by atoms with E-state index in [1.807, 2.05) is 5.64 Å². The van der Waals surface area contributed by atoms with E-state index in [1.165, 1.54) is 0 Å². The Morgan fingerprint density at radius 1 is 1.12 bits per heavy atom. The van der Waals surface area contributed by atoms with Crippen LogP contribution in [0.5, 0.6) is 0 Å². The van der Waals surface area contributed by atoms with Crippen LogP contribution in [0.25, 0.3) is 0 Å². The molecule has 0 aromatic heterocycles. The first-order chi connectivity index (χ1) is 3.41. The molecular formula is C2H6Cl3NO2. The molecule has 52 valence electrons. The number of hydrogen-bond donors (Lipinski definition) is 1. The molecule has 0 atom stereocenters. The summed E-state index contributed by atoms with van der Waals surface area (Å²) in [5.41, 5.74) is 2.02. The van der Waals surface area contributed by atoms with Crippen molar-refractivity contribution in [3.63, 3.8) is 0 Å². The van der Waals surface area contributed by atoms with Crippen LogP contribution in [-0.2, 0) is 9.68 Å². The molecular weight excluding hydrogens is 176 g/mol. The molecule has 0 saturated heterocycles. The number of halogens is 3. The van der Waals surface area contributed by atoms with Gasteiger partial charge < -0.3 is 0 Å². The van der Waals surface area contributed by atoms with Crippen molar-refractivity contribution >= 4 is 35.6 Å². The van der Waals surface area contributed by atoms with E-state index in [-0.39, 0.29) is 24.5 Å². The molecule has 0 heterocycles. The van der Waals surface area contributed by atoms with Gasteiger partial charge in [-0.05, 0) is 0 Å². The van der Waals surface area contributed by atoms with Crippen LogP contribution in [0.15, 0.2) is 0 Å². The van der Waals surface area contributed by atoms with Gasteiger partial charge >= 0.3 is 0 Å². The summed E-state index contributed by atoms with van der Waals surface area (Å²) in [6, 6.07) is 0.0772. The largest absolute Gasteiger partial charge is 0.261 e. The predicted molar refractivity (Wildman–Crippen MR) is 34.0 cm³/mol. The number of nitrogens with one attached hydrogen (secondary N) is 1. The lowest BCUT2D eigenvalue weighted by Gasteiger charge is -1.96. The fourth-order valence-electron chi connectivity index (χ4n) is 0.0862. The van der Waals surface area contributed by atoms with Crippen molar-refractivity contribution in [3.8, 4) is 0 Å². The van der Waals surface area contributed by atoms with E-state index in [0.29, 0.717) is 0 Å². The number of rotatable bonds is 4. The molecule has 0 aliphatic carbocycles. The first kappa shape index (κ1) is 11.5. The standard InChI is InChI=1S/C2H5Cl2NO2.ClH/c3-1-6-5-7-2-4;/h5H,1-2H2;1H. The second-order valence-corrected chi connectivity index (χ2v) is 1.03. The maximum atomic E-state index is 5.03. The molecule has 0 aromatic carbocycles. The molecule has 0 amide bonds. The quantitative estimate of drug-likeness (QED) is 0.403. The van der Waals surface area contributed by atoms with Gasteiger partial charge in [0.1, 0.15) is 12.1 Å². The van der Waals surface area contributed by atoms with Gasteiger partial charge in [0.15, 0.2) is 0 Å². The molecule has 6 heteroatoms. The lowest BCUT2D eigenvalue weighted by Crippen LogP contribution is -2.12. The fourth-order valence-corrected chi connectivity index (χ4v) is 0.175. The predicted octanol–water partition coefficient (Wildman–Crippen LogP) is 1.25. The van der Waals surface area contributed by atoms with Gasteiger partial charge in [-0.25, -0.2) is 0 Å². The molecule has 0 aromatic rings. The van der Waals surface area contributed by atoms with E-state index in [1.54, 1.807) is 0 Å². The topological polar surface area (TPSA) is 30.5 Å². The van der Waals surface area contributed by atoms with E-state index >= 15 is 0 Å². The van der Waals surface area contributed by atoms with Gasteiger partial charge in [-0.1, -0.05) is 28.8 Å². The van der Waals surface area contributed by atoms with Crippen LogP contribution in [0.1, 0.15) is 0 Å². The Morgan fingerprint density at radius 3 is 1.75 bits per heavy atom. The summed E-state index contributed by atoms with van der Waals surface area (Å²) in [6.45, 7) is 0. The molecule has 0 spiro atoms. The smallest absolute Gasteiger partial charge is 0.144 e. The van der Waals surface area contributed by atoms with Crippen LogP contribution in [0, 0.1) is 0 Å². The van der Waals surface area contributed by atoms with Gasteiger partial charge in [-0.2, -0.15) is 0 Å². The lowest BCUT2D eigenvalue weighted by molar-refractivity contribution is -0.144. The van der Waals surface area contributed by atoms with E-state index in [0.717, 1.165) is 0 Å². The Balaban J connectivity index is 0. The summed E-state index contributed by atoms with van der Waals surface area (Å²) in [6.07, 6.45) is 0. The van der Waals surface area contributed by atoms with Crippen LogP contribution in [0.4, 0.5) is 0 Å². The van der Waals surface area contributed by atoms with E-state index < -0.39 is 0 Å². The third kappa shape index (κ3) is 9.89. The van der Waals surface area contributed by atoms with Gasteiger partial charge in [0.25, 0.3) is 0 Å². The Bertz CT molecular complexity index is 34.5. The minimum absolute atomic E-state index is 0. The Kier molecular flexibility index (Phi) is 15.4. The van der Waals surface area contributed by atoms with Crippen molar-refractivity contribution in [3.05, 3.63) is 0 Å². The molecule has 0 aliphatic rings. The fraction of sp³-hybridized carbons (Fsp3) is 1.00. The Morgan fingerprint density at radius 2 is 1.50 bits per heavy atom. The van der Waals surface area contributed by atoms with Crippen LogP contribution in [0.3, 0.4) is 0 Å². The van der Waals surface area contributed by atoms with Crippen LogP contribution in [-0.4, -0.2) is 12.1 Å². The third-order valence-corrected chi connectivity index (χ3v) is 0.445. The second kappa shape index (κ2) is 10.7. The molecule has 8 heavy (non-hydrogen) atoms. The average Bonchev–Trinajstić information content (AvgIpc) is 1.69. The average molecular weight is 182 g/mol. The van der Waals surface area contributed by atoms with Gasteiger partial charge in [-0.3, -0.25) is 9.68 Å². The monoisotopic (exact) mass is 181 g/mol. The Labute approximate surface area is 63.5 Å². The first-order valence-electron chi connectivity index (χ1n) is 1.52. The Hall–Kier alpha value is 0.750. The van der Waals surface area contributed by atoms with Crippen molar-refractivity contribution in [1.82, 2.24) is 5.64 Å². The van der Waals surface area contributed by atoms with Gasteiger partial charge in [-0.15, -0.1) is 12.4 Å². The maximum Gasteiger partial charge on any atom is 0.144 e. The number of alkyl halides is 2. The van der Waals surface area contributed by atoms with Crippen molar-refractivity contribution in [2.75, 3.05) is 12.1 Å². The summed E-state index contributed by atoms with van der Waals surface area (Å²) < 4.78 is 0. The van der Waals surface area contributed by atoms with E-state index in [2.05, 4.69) is 9.68 Å². The van der Waals surface area contributed by atoms with Gasteiger partial charge in [0, 0.05) is 0 Å². The molecule has 0 rings (SSSR count). The summed E-state index contributed by atoms with van der Waals surface area (Å²) in [7, 11) is 0. The van der Waals surface area contributed by atoms with Gasteiger partial charge in [0.05, 0.1) is 0 Å². The third-order valence-electron chi connectivity index (χ3n) is 0.227. The van der Waals surface area contributed by atoms with Crippen molar-refractivity contribution in [1.29, 1.82) is 0 Å². The summed E-state index contributed by atoms with van der Waals surface area (Å²) in [4.78, 5) is 8.57. The highest BCUT2D eigenvalue weighted by Crippen LogP contribution is 1.75. The molecule has 0 saturated carbocycles. The highest BCUT2D eigenvalue weighted by atomic mass is 35.5. The molecule has 3 nitrogen and oxygen atoms in total. The van der Waals surface area contributed by atoms with Crippen molar-refractivity contribution in [2.45, 2.75) is 0 Å². The lowest BCUT2D eigenvalue weighted by atomic mass is 11.7. The van der Waals surface area contributed by atoms with E-state index in [4.69, 9.17) is 23.2 Å². The van der Waals surface area contributed by atoms with Crippen LogP contribution >= 0.6 is 35.6 Å². The molecule has 0 fully saturated rings. The van der Waals surface area contributed by atoms with Crippen molar-refractivity contribution in [2.24, 2.45) is 0 Å². The minimum atomic E-state index is 0. The summed E-state index contributed by atoms with van der Waals surface area (Å²) in [5.74, 6) is 0. The normalized spacial score (nSPS) is 8.25. The molecule has 1 N–H and O–H groups in total. The molecule has 0 aliphatic heterocycles. The van der Waals surface area contributed by atoms with Crippen LogP contribution < -0.4 is 5.64 Å². The molecule has 0 bridgehead atoms. The SMILES string of the molecule is Cl.ClCONOCCl. The molecule has 0 radical (unpaired) electrons. The van der Waals surface area contributed by atoms with Gasteiger partial charge in [0.2, 0.25) is 0 Å². The zero-order chi connectivity index (χ0) is 5.54. The van der Waals surface area contributed by atoms with E-state index in [9.17, 15) is 0 Å². The molecule has 0 unspecified atom stereocenters.